The molecule has 1 aromatic rings. The maximum atomic E-state index is 12.2. The molecule has 2 atom stereocenters. The van der Waals surface area contributed by atoms with Crippen LogP contribution in [-0.4, -0.2) is 39.7 Å². The average molecular weight is 337 g/mol. The molecule has 0 N–H and O–H groups in total. The van der Waals surface area contributed by atoms with Crippen molar-refractivity contribution in [2.45, 2.75) is 57.5 Å². The quantitative estimate of drug-likeness (QED) is 0.602. The molecule has 128 valence electrons. The normalized spacial score (nSPS) is 22.1. The molecule has 1 saturated heterocycles. The zero-order valence-corrected chi connectivity index (χ0v) is 15.8. The van der Waals surface area contributed by atoms with Crippen molar-refractivity contribution in [3.05, 3.63) is 35.9 Å². The van der Waals surface area contributed by atoms with E-state index in [4.69, 9.17) is 13.9 Å². The van der Waals surface area contributed by atoms with Crippen molar-refractivity contribution in [2.75, 3.05) is 13.2 Å². The van der Waals surface area contributed by atoms with Gasteiger partial charge >= 0.3 is 5.97 Å². The van der Waals surface area contributed by atoms with E-state index in [0.717, 1.165) is 6.42 Å². The first-order valence-electron chi connectivity index (χ1n) is 8.22. The molecule has 1 aliphatic heterocycles. The Morgan fingerprint density at radius 3 is 2.52 bits per heavy atom. The summed E-state index contributed by atoms with van der Waals surface area (Å²) in [6.45, 7) is 12.2. The number of benzene rings is 1. The molecule has 0 aliphatic carbocycles. The van der Waals surface area contributed by atoms with E-state index < -0.39 is 8.32 Å². The van der Waals surface area contributed by atoms with Crippen molar-refractivity contribution in [1.82, 2.24) is 0 Å². The van der Waals surface area contributed by atoms with Crippen LogP contribution < -0.4 is 0 Å². The minimum Gasteiger partial charge on any atom is -0.456 e. The molecular formula is C18H28O4Si. The topological polar surface area (TPSA) is 44.8 Å². The van der Waals surface area contributed by atoms with Crippen molar-refractivity contribution in [3.8, 4) is 0 Å². The fraction of sp³-hybridized carbons (Fsp3) is 0.611. The molecule has 0 saturated carbocycles. The van der Waals surface area contributed by atoms with Crippen LogP contribution in [0, 0.1) is 0 Å². The molecule has 0 aromatic heterocycles. The third-order valence-corrected chi connectivity index (χ3v) is 9.33. The van der Waals surface area contributed by atoms with Crippen LogP contribution in [0.5, 0.6) is 0 Å². The van der Waals surface area contributed by atoms with E-state index in [1.165, 1.54) is 0 Å². The predicted molar refractivity (Wildman–Crippen MR) is 93.2 cm³/mol. The Hall–Kier alpha value is -1.17. The summed E-state index contributed by atoms with van der Waals surface area (Å²) >= 11 is 0. The van der Waals surface area contributed by atoms with Gasteiger partial charge in [0.25, 0.3) is 0 Å². The standard InChI is InChI=1S/C18H28O4Si/c1-18(2,3)23(4,5)21-13-16-15(11-12-20-16)22-17(19)14-9-7-6-8-10-14/h6-10,15-16H,11-13H2,1-5H3/t15-,16-/m1/s1. The molecule has 1 fully saturated rings. The first kappa shape index (κ1) is 18.2. The van der Waals surface area contributed by atoms with E-state index in [1.807, 2.05) is 18.2 Å². The molecule has 0 amide bonds. The van der Waals surface area contributed by atoms with E-state index in [-0.39, 0.29) is 23.2 Å². The molecule has 1 heterocycles. The Kier molecular flexibility index (Phi) is 5.65. The minimum absolute atomic E-state index is 0.155. The molecular weight excluding hydrogens is 308 g/mol. The van der Waals surface area contributed by atoms with Gasteiger partial charge in [-0.3, -0.25) is 0 Å². The number of carbonyl (C=O) groups is 1. The second-order valence-electron chi connectivity index (χ2n) is 7.58. The number of hydrogen-bond donors (Lipinski definition) is 0. The van der Waals surface area contributed by atoms with Crippen molar-refractivity contribution < 1.29 is 18.7 Å². The zero-order valence-electron chi connectivity index (χ0n) is 14.8. The largest absolute Gasteiger partial charge is 0.456 e. The monoisotopic (exact) mass is 336 g/mol. The molecule has 0 radical (unpaired) electrons. The molecule has 1 aliphatic rings. The van der Waals surface area contributed by atoms with E-state index in [9.17, 15) is 4.79 Å². The smallest absolute Gasteiger partial charge is 0.338 e. The molecule has 5 heteroatoms. The number of rotatable bonds is 5. The van der Waals surface area contributed by atoms with Crippen molar-refractivity contribution >= 4 is 14.3 Å². The summed E-state index contributed by atoms with van der Waals surface area (Å²) < 4.78 is 17.6. The third-order valence-electron chi connectivity index (χ3n) is 4.83. The van der Waals surface area contributed by atoms with Crippen LogP contribution in [0.15, 0.2) is 30.3 Å². The second kappa shape index (κ2) is 7.15. The van der Waals surface area contributed by atoms with Gasteiger partial charge in [-0.1, -0.05) is 39.0 Å². The van der Waals surface area contributed by atoms with Crippen molar-refractivity contribution in [2.24, 2.45) is 0 Å². The van der Waals surface area contributed by atoms with Gasteiger partial charge in [0.2, 0.25) is 0 Å². The lowest BCUT2D eigenvalue weighted by atomic mass is 10.2. The first-order chi connectivity index (χ1) is 10.7. The molecule has 0 spiro atoms. The van der Waals surface area contributed by atoms with Crippen LogP contribution in [0.3, 0.4) is 0 Å². The summed E-state index contributed by atoms with van der Waals surface area (Å²) in [4.78, 5) is 12.2. The first-order valence-corrected chi connectivity index (χ1v) is 11.1. The summed E-state index contributed by atoms with van der Waals surface area (Å²) in [5.74, 6) is -0.293. The van der Waals surface area contributed by atoms with Gasteiger partial charge in [-0.2, -0.15) is 0 Å². The maximum absolute atomic E-state index is 12.2. The van der Waals surface area contributed by atoms with Gasteiger partial charge in [-0.15, -0.1) is 0 Å². The molecule has 2 rings (SSSR count). The SMILES string of the molecule is CC(C)(C)[Si](C)(C)OC[C@H]1OCC[C@H]1OC(=O)c1ccccc1. The number of esters is 1. The van der Waals surface area contributed by atoms with Crippen LogP contribution in [-0.2, 0) is 13.9 Å². The predicted octanol–water partition coefficient (Wildman–Crippen LogP) is 4.02. The summed E-state index contributed by atoms with van der Waals surface area (Å²) in [5.41, 5.74) is 0.573. The Morgan fingerprint density at radius 2 is 1.91 bits per heavy atom. The summed E-state index contributed by atoms with van der Waals surface area (Å²) in [6, 6.07) is 9.07. The van der Waals surface area contributed by atoms with Crippen molar-refractivity contribution in [3.63, 3.8) is 0 Å². The highest BCUT2D eigenvalue weighted by Crippen LogP contribution is 2.37. The lowest BCUT2D eigenvalue weighted by Gasteiger charge is -2.37. The highest BCUT2D eigenvalue weighted by Gasteiger charge is 2.40. The van der Waals surface area contributed by atoms with Crippen LogP contribution in [0.4, 0.5) is 0 Å². The Morgan fingerprint density at radius 1 is 1.26 bits per heavy atom. The zero-order chi connectivity index (χ0) is 17.1. The van der Waals surface area contributed by atoms with E-state index in [1.54, 1.807) is 12.1 Å². The van der Waals surface area contributed by atoms with Gasteiger partial charge in [0.05, 0.1) is 18.8 Å². The second-order valence-corrected chi connectivity index (χ2v) is 12.4. The molecule has 0 unspecified atom stereocenters. The fourth-order valence-electron chi connectivity index (χ4n) is 2.21. The third kappa shape index (κ3) is 4.65. The minimum atomic E-state index is -1.83. The Labute approximate surface area is 140 Å². The Balaban J connectivity index is 1.92. The number of carbonyl (C=O) groups excluding carboxylic acids is 1. The van der Waals surface area contributed by atoms with E-state index in [0.29, 0.717) is 18.8 Å². The highest BCUT2D eigenvalue weighted by molar-refractivity contribution is 6.74. The lowest BCUT2D eigenvalue weighted by molar-refractivity contribution is -0.0167. The van der Waals surface area contributed by atoms with Gasteiger partial charge in [-0.25, -0.2) is 4.79 Å². The van der Waals surface area contributed by atoms with Crippen LogP contribution in [0.25, 0.3) is 0 Å². The summed E-state index contributed by atoms with van der Waals surface area (Å²) in [5, 5.41) is 0.155. The molecule has 1 aromatic carbocycles. The lowest BCUT2D eigenvalue weighted by Crippen LogP contribution is -2.44. The van der Waals surface area contributed by atoms with Crippen molar-refractivity contribution in [1.29, 1.82) is 0 Å². The maximum Gasteiger partial charge on any atom is 0.338 e. The average Bonchev–Trinajstić information content (AvgIpc) is 2.92. The Bertz CT molecular complexity index is 522. The fourth-order valence-corrected chi connectivity index (χ4v) is 3.22. The number of hydrogen-bond acceptors (Lipinski definition) is 4. The summed E-state index contributed by atoms with van der Waals surface area (Å²) in [7, 11) is -1.83. The van der Waals surface area contributed by atoms with Gasteiger partial charge in [0.15, 0.2) is 8.32 Å². The van der Waals surface area contributed by atoms with Gasteiger partial charge < -0.3 is 13.9 Å². The molecule has 0 bridgehead atoms. The number of ether oxygens (including phenoxy) is 2. The van der Waals surface area contributed by atoms with Crippen LogP contribution in [0.1, 0.15) is 37.6 Å². The van der Waals surface area contributed by atoms with Crippen LogP contribution >= 0.6 is 0 Å². The van der Waals surface area contributed by atoms with Gasteiger partial charge in [0, 0.05) is 6.42 Å². The van der Waals surface area contributed by atoms with E-state index >= 15 is 0 Å². The molecule has 4 nitrogen and oxygen atoms in total. The van der Waals surface area contributed by atoms with Gasteiger partial charge in [0.1, 0.15) is 12.2 Å². The van der Waals surface area contributed by atoms with Crippen LogP contribution in [0.2, 0.25) is 18.1 Å². The summed E-state index contributed by atoms with van der Waals surface area (Å²) in [6.07, 6.45) is 0.327. The van der Waals surface area contributed by atoms with E-state index in [2.05, 4.69) is 33.9 Å². The molecule has 23 heavy (non-hydrogen) atoms. The highest BCUT2D eigenvalue weighted by atomic mass is 28.4. The van der Waals surface area contributed by atoms with Gasteiger partial charge in [-0.05, 0) is 30.3 Å².